The van der Waals surface area contributed by atoms with Gasteiger partial charge in [0.1, 0.15) is 0 Å². The molecule has 0 radical (unpaired) electrons. The summed E-state index contributed by atoms with van der Waals surface area (Å²) < 4.78 is 0. The first kappa shape index (κ1) is 8.84. The third-order valence-corrected chi connectivity index (χ3v) is 2.48. The maximum absolute atomic E-state index is 10.8. The van der Waals surface area contributed by atoms with Crippen molar-refractivity contribution in [2.24, 2.45) is 0 Å². The number of H-pyrrole nitrogens is 1. The predicted octanol–water partition coefficient (Wildman–Crippen LogP) is 1.81. The Labute approximate surface area is 89.7 Å². The summed E-state index contributed by atoms with van der Waals surface area (Å²) in [6.45, 7) is 0. The van der Waals surface area contributed by atoms with Gasteiger partial charge in [-0.05, 0) is 12.1 Å². The number of aromatic amines is 1. The molecule has 0 aliphatic carbocycles. The molecule has 0 fully saturated rings. The van der Waals surface area contributed by atoms with E-state index in [4.69, 9.17) is 5.11 Å². The number of aromatic nitrogens is 3. The summed E-state index contributed by atoms with van der Waals surface area (Å²) in [6.07, 6.45) is 0. The summed E-state index contributed by atoms with van der Waals surface area (Å²) in [5, 5.41) is 18.0. The average Bonchev–Trinajstić information content (AvgIpc) is 2.66. The molecule has 0 bridgehead atoms. The van der Waals surface area contributed by atoms with E-state index in [9.17, 15) is 4.79 Å². The van der Waals surface area contributed by atoms with Crippen LogP contribution in [0.15, 0.2) is 30.3 Å². The summed E-state index contributed by atoms with van der Waals surface area (Å²) in [4.78, 5) is 13.9. The monoisotopic (exact) mass is 213 g/mol. The number of carboxylic acid groups (broad SMARTS) is 1. The van der Waals surface area contributed by atoms with Crippen molar-refractivity contribution in [2.45, 2.75) is 0 Å². The van der Waals surface area contributed by atoms with Crippen molar-refractivity contribution in [3.05, 3.63) is 36.0 Å². The zero-order valence-corrected chi connectivity index (χ0v) is 8.14. The minimum absolute atomic E-state index is 0.0442. The number of rotatable bonds is 1. The third kappa shape index (κ3) is 1.15. The van der Waals surface area contributed by atoms with Crippen LogP contribution in [0.5, 0.6) is 0 Å². The fraction of sp³-hybridized carbons (Fsp3) is 0. The molecule has 0 unspecified atom stereocenters. The summed E-state index contributed by atoms with van der Waals surface area (Å²) in [5.74, 6) is -1.07. The van der Waals surface area contributed by atoms with Crippen LogP contribution in [0.2, 0.25) is 0 Å². The van der Waals surface area contributed by atoms with E-state index in [2.05, 4.69) is 15.2 Å². The van der Waals surface area contributed by atoms with Gasteiger partial charge in [0, 0.05) is 16.3 Å². The Morgan fingerprint density at radius 3 is 2.81 bits per heavy atom. The van der Waals surface area contributed by atoms with Crippen LogP contribution in [0.25, 0.3) is 21.9 Å². The third-order valence-electron chi connectivity index (χ3n) is 2.48. The lowest BCUT2D eigenvalue weighted by atomic mass is 10.2. The first-order chi connectivity index (χ1) is 7.75. The van der Waals surface area contributed by atoms with E-state index in [-0.39, 0.29) is 5.69 Å². The van der Waals surface area contributed by atoms with E-state index in [1.54, 1.807) is 0 Å². The largest absolute Gasteiger partial charge is 0.476 e. The Balaban J connectivity index is 2.44. The Bertz CT molecular complexity index is 703. The quantitative estimate of drug-likeness (QED) is 0.646. The minimum atomic E-state index is -1.07. The molecule has 2 heterocycles. The van der Waals surface area contributed by atoms with Gasteiger partial charge in [-0.25, -0.2) is 4.79 Å². The molecule has 16 heavy (non-hydrogen) atoms. The molecule has 2 N–H and O–H groups in total. The summed E-state index contributed by atoms with van der Waals surface area (Å²) in [7, 11) is 0. The van der Waals surface area contributed by atoms with Gasteiger partial charge in [-0.2, -0.15) is 0 Å². The fourth-order valence-corrected chi connectivity index (χ4v) is 1.75. The van der Waals surface area contributed by atoms with Crippen LogP contribution >= 0.6 is 0 Å². The lowest BCUT2D eigenvalue weighted by Gasteiger charge is -1.92. The van der Waals surface area contributed by atoms with Gasteiger partial charge in [0.25, 0.3) is 0 Å². The van der Waals surface area contributed by atoms with E-state index in [1.807, 2.05) is 24.3 Å². The molecule has 0 saturated heterocycles. The second-order valence-corrected chi connectivity index (χ2v) is 3.47. The second-order valence-electron chi connectivity index (χ2n) is 3.47. The van der Waals surface area contributed by atoms with Gasteiger partial charge in [0.05, 0.1) is 0 Å². The lowest BCUT2D eigenvalue weighted by molar-refractivity contribution is 0.0689. The highest BCUT2D eigenvalue weighted by Gasteiger charge is 2.10. The van der Waals surface area contributed by atoms with Crippen molar-refractivity contribution in [3.63, 3.8) is 0 Å². The normalized spacial score (nSPS) is 11.0. The molecule has 3 aromatic rings. The molecule has 0 atom stereocenters. The highest BCUT2D eigenvalue weighted by molar-refractivity contribution is 6.07. The van der Waals surface area contributed by atoms with Crippen molar-refractivity contribution in [1.29, 1.82) is 0 Å². The number of hydrogen-bond acceptors (Lipinski definition) is 3. The molecule has 3 rings (SSSR count). The van der Waals surface area contributed by atoms with Gasteiger partial charge >= 0.3 is 5.97 Å². The number of carbonyl (C=O) groups is 1. The highest BCUT2D eigenvalue weighted by Crippen LogP contribution is 2.23. The van der Waals surface area contributed by atoms with Gasteiger partial charge in [0.2, 0.25) is 0 Å². The van der Waals surface area contributed by atoms with Crippen LogP contribution in [0.1, 0.15) is 10.5 Å². The topological polar surface area (TPSA) is 78.9 Å². The van der Waals surface area contributed by atoms with Crippen LogP contribution in [-0.2, 0) is 0 Å². The van der Waals surface area contributed by atoms with E-state index < -0.39 is 5.97 Å². The Morgan fingerprint density at radius 2 is 2.00 bits per heavy atom. The molecular formula is C11H7N3O2. The number of aromatic carboxylic acids is 1. The fourth-order valence-electron chi connectivity index (χ4n) is 1.75. The number of nitrogens with one attached hydrogen (secondary N) is 1. The number of carboxylic acids is 1. The molecule has 5 heteroatoms. The molecule has 0 aliphatic rings. The van der Waals surface area contributed by atoms with Gasteiger partial charge in [-0.1, -0.05) is 18.2 Å². The highest BCUT2D eigenvalue weighted by atomic mass is 16.4. The number of benzene rings is 1. The van der Waals surface area contributed by atoms with Crippen LogP contribution in [-0.4, -0.2) is 26.3 Å². The number of nitrogens with zero attached hydrogens (tertiary/aromatic N) is 2. The Hall–Kier alpha value is -2.43. The van der Waals surface area contributed by atoms with Crippen molar-refractivity contribution < 1.29 is 9.90 Å². The van der Waals surface area contributed by atoms with Gasteiger partial charge in [-0.15, -0.1) is 10.2 Å². The molecule has 5 nitrogen and oxygen atoms in total. The maximum atomic E-state index is 10.8. The van der Waals surface area contributed by atoms with E-state index >= 15 is 0 Å². The summed E-state index contributed by atoms with van der Waals surface area (Å²) in [5.41, 5.74) is 1.48. The van der Waals surface area contributed by atoms with E-state index in [1.165, 1.54) is 6.07 Å². The second kappa shape index (κ2) is 3.03. The summed E-state index contributed by atoms with van der Waals surface area (Å²) in [6, 6.07) is 9.17. The summed E-state index contributed by atoms with van der Waals surface area (Å²) >= 11 is 0. The number of hydrogen-bond donors (Lipinski definition) is 2. The zero-order chi connectivity index (χ0) is 11.1. The van der Waals surface area contributed by atoms with Crippen molar-refractivity contribution in [2.75, 3.05) is 0 Å². The molecule has 0 spiro atoms. The molecule has 2 aromatic heterocycles. The lowest BCUT2D eigenvalue weighted by Crippen LogP contribution is -2.01. The minimum Gasteiger partial charge on any atom is -0.476 e. The number of para-hydroxylation sites is 1. The molecular weight excluding hydrogens is 206 g/mol. The average molecular weight is 213 g/mol. The van der Waals surface area contributed by atoms with Crippen LogP contribution in [0.3, 0.4) is 0 Å². The van der Waals surface area contributed by atoms with Crippen LogP contribution in [0, 0.1) is 0 Å². The van der Waals surface area contributed by atoms with Gasteiger partial charge in [-0.3, -0.25) is 0 Å². The predicted molar refractivity (Wildman–Crippen MR) is 58.4 cm³/mol. The molecule has 1 aromatic carbocycles. The first-order valence-corrected chi connectivity index (χ1v) is 4.73. The van der Waals surface area contributed by atoms with Crippen molar-refractivity contribution in [1.82, 2.24) is 15.2 Å². The molecule has 78 valence electrons. The zero-order valence-electron chi connectivity index (χ0n) is 8.14. The van der Waals surface area contributed by atoms with Crippen molar-refractivity contribution in [3.8, 4) is 0 Å². The molecule has 0 aliphatic heterocycles. The Morgan fingerprint density at radius 1 is 1.19 bits per heavy atom. The van der Waals surface area contributed by atoms with Crippen LogP contribution in [0.4, 0.5) is 0 Å². The van der Waals surface area contributed by atoms with Gasteiger partial charge in [0.15, 0.2) is 11.3 Å². The first-order valence-electron chi connectivity index (χ1n) is 4.73. The maximum Gasteiger partial charge on any atom is 0.356 e. The SMILES string of the molecule is O=C(O)c1cc2c(nn1)[nH]c1ccccc12. The standard InChI is InChI=1S/C11H7N3O2/c15-11(16)9-5-7-6-3-1-2-4-8(6)12-10(7)14-13-9/h1-5H,(H,12,14)(H,15,16). The smallest absolute Gasteiger partial charge is 0.356 e. The molecule has 0 amide bonds. The Kier molecular flexibility index (Phi) is 1.67. The van der Waals surface area contributed by atoms with E-state index in [0.29, 0.717) is 5.65 Å². The van der Waals surface area contributed by atoms with Crippen LogP contribution < -0.4 is 0 Å². The van der Waals surface area contributed by atoms with Gasteiger partial charge < -0.3 is 10.1 Å². The van der Waals surface area contributed by atoms with E-state index in [0.717, 1.165) is 16.3 Å². The number of fused-ring (bicyclic) bond motifs is 3. The van der Waals surface area contributed by atoms with Crippen molar-refractivity contribution >= 4 is 27.9 Å². The molecule has 0 saturated carbocycles.